The average molecular weight is 444 g/mol. The summed E-state index contributed by atoms with van der Waals surface area (Å²) in [7, 11) is 0. The first-order valence-corrected chi connectivity index (χ1v) is 10.6. The fourth-order valence-electron chi connectivity index (χ4n) is 3.02. The molecule has 7 nitrogen and oxygen atoms in total. The number of aromatic nitrogens is 2. The number of hydrogen-bond acceptors (Lipinski definition) is 6. The summed E-state index contributed by atoms with van der Waals surface area (Å²) in [6.07, 6.45) is 0. The van der Waals surface area contributed by atoms with Crippen LogP contribution in [0.15, 0.2) is 47.0 Å². The van der Waals surface area contributed by atoms with Crippen molar-refractivity contribution in [2.24, 2.45) is 0 Å². The predicted molar refractivity (Wildman–Crippen MR) is 119 cm³/mol. The van der Waals surface area contributed by atoms with Crippen LogP contribution in [0.3, 0.4) is 0 Å². The van der Waals surface area contributed by atoms with Crippen molar-refractivity contribution in [1.82, 2.24) is 15.0 Å². The average Bonchev–Trinajstić information content (AvgIpc) is 3.22. The molecule has 3 aromatic rings. The zero-order valence-corrected chi connectivity index (χ0v) is 18.8. The molecule has 1 heterocycles. The second kappa shape index (κ2) is 10.3. The highest BCUT2D eigenvalue weighted by Gasteiger charge is 2.23. The molecule has 0 atom stereocenters. The zero-order chi connectivity index (χ0) is 22.4. The Morgan fingerprint density at radius 2 is 1.74 bits per heavy atom. The van der Waals surface area contributed by atoms with Crippen LogP contribution in [-0.2, 0) is 6.54 Å². The van der Waals surface area contributed by atoms with Crippen LogP contribution in [-0.4, -0.2) is 40.2 Å². The maximum Gasteiger partial charge on any atom is 0.254 e. The highest BCUT2D eigenvalue weighted by atomic mass is 35.5. The summed E-state index contributed by atoms with van der Waals surface area (Å²) in [6.45, 7) is 8.84. The van der Waals surface area contributed by atoms with Crippen molar-refractivity contribution >= 4 is 17.5 Å². The molecule has 8 heteroatoms. The van der Waals surface area contributed by atoms with E-state index in [0.29, 0.717) is 47.0 Å². The van der Waals surface area contributed by atoms with E-state index in [-0.39, 0.29) is 18.5 Å². The number of amides is 1. The predicted octanol–water partition coefficient (Wildman–Crippen LogP) is 5.24. The van der Waals surface area contributed by atoms with Crippen molar-refractivity contribution in [3.63, 3.8) is 0 Å². The lowest BCUT2D eigenvalue weighted by Gasteiger charge is -2.25. The molecule has 1 amide bonds. The summed E-state index contributed by atoms with van der Waals surface area (Å²) in [5, 5.41) is 4.66. The van der Waals surface area contributed by atoms with Gasteiger partial charge >= 0.3 is 0 Å². The van der Waals surface area contributed by atoms with E-state index in [1.54, 1.807) is 35.2 Å². The van der Waals surface area contributed by atoms with E-state index in [1.165, 1.54) is 0 Å². The maximum atomic E-state index is 13.3. The van der Waals surface area contributed by atoms with Crippen molar-refractivity contribution in [3.05, 3.63) is 58.9 Å². The quantitative estimate of drug-likeness (QED) is 0.450. The molecule has 0 saturated heterocycles. The van der Waals surface area contributed by atoms with Crippen LogP contribution in [0.25, 0.3) is 11.4 Å². The molecular formula is C23H26ClN3O4. The second-order valence-electron chi connectivity index (χ2n) is 7.07. The smallest absolute Gasteiger partial charge is 0.254 e. The lowest BCUT2D eigenvalue weighted by molar-refractivity contribution is 0.0667. The standard InChI is InChI=1S/C23H26ClN3O4/c1-5-29-19-12-9-17(13-20(19)30-6-2)23(28)27(15(3)4)14-21-25-22(26-31-21)16-7-10-18(24)11-8-16/h7-13,15H,5-6,14H2,1-4H3. The molecule has 0 radical (unpaired) electrons. The zero-order valence-electron chi connectivity index (χ0n) is 18.1. The molecule has 31 heavy (non-hydrogen) atoms. The van der Waals surface area contributed by atoms with Gasteiger partial charge in [-0.1, -0.05) is 16.8 Å². The molecule has 0 aliphatic carbocycles. The number of hydrogen-bond donors (Lipinski definition) is 0. The molecule has 1 aromatic heterocycles. The Kier molecular flexibility index (Phi) is 7.52. The van der Waals surface area contributed by atoms with Gasteiger partial charge in [-0.25, -0.2) is 0 Å². The Morgan fingerprint density at radius 3 is 2.39 bits per heavy atom. The van der Waals surface area contributed by atoms with E-state index < -0.39 is 0 Å². The van der Waals surface area contributed by atoms with E-state index in [9.17, 15) is 4.79 Å². The molecule has 164 valence electrons. The minimum atomic E-state index is -0.162. The molecule has 2 aromatic carbocycles. The molecule has 0 aliphatic heterocycles. The number of carbonyl (C=O) groups excluding carboxylic acids is 1. The van der Waals surface area contributed by atoms with Gasteiger partial charge in [-0.05, 0) is 70.2 Å². The van der Waals surface area contributed by atoms with Gasteiger partial charge < -0.3 is 18.9 Å². The first-order chi connectivity index (χ1) is 14.9. The second-order valence-corrected chi connectivity index (χ2v) is 7.51. The summed E-state index contributed by atoms with van der Waals surface area (Å²) >= 11 is 5.93. The topological polar surface area (TPSA) is 77.7 Å². The molecular weight excluding hydrogens is 418 g/mol. The van der Waals surface area contributed by atoms with E-state index in [2.05, 4.69) is 10.1 Å². The summed E-state index contributed by atoms with van der Waals surface area (Å²) in [4.78, 5) is 19.4. The Bertz CT molecular complexity index is 1020. The van der Waals surface area contributed by atoms with Crippen LogP contribution in [0.4, 0.5) is 0 Å². The van der Waals surface area contributed by atoms with Gasteiger partial charge in [0.2, 0.25) is 11.7 Å². The molecule has 0 spiro atoms. The van der Waals surface area contributed by atoms with Gasteiger partial charge in [0.25, 0.3) is 5.91 Å². The van der Waals surface area contributed by atoms with Crippen LogP contribution >= 0.6 is 11.6 Å². The van der Waals surface area contributed by atoms with Crippen LogP contribution in [0, 0.1) is 0 Å². The van der Waals surface area contributed by atoms with Gasteiger partial charge in [-0.3, -0.25) is 4.79 Å². The van der Waals surface area contributed by atoms with Gasteiger partial charge in [-0.15, -0.1) is 0 Å². The van der Waals surface area contributed by atoms with Gasteiger partial charge in [0.15, 0.2) is 11.5 Å². The molecule has 0 fully saturated rings. The molecule has 0 bridgehead atoms. The number of ether oxygens (including phenoxy) is 2. The van der Waals surface area contributed by atoms with E-state index in [1.807, 2.05) is 39.8 Å². The largest absolute Gasteiger partial charge is 0.490 e. The fraction of sp³-hybridized carbons (Fsp3) is 0.348. The first-order valence-electron chi connectivity index (χ1n) is 10.2. The summed E-state index contributed by atoms with van der Waals surface area (Å²) < 4.78 is 16.6. The molecule has 0 saturated carbocycles. The number of rotatable bonds is 9. The maximum absolute atomic E-state index is 13.3. The summed E-state index contributed by atoms with van der Waals surface area (Å²) in [5.74, 6) is 1.79. The van der Waals surface area contributed by atoms with Crippen LogP contribution in [0.1, 0.15) is 43.9 Å². The van der Waals surface area contributed by atoms with Crippen LogP contribution < -0.4 is 9.47 Å². The number of halogens is 1. The Balaban J connectivity index is 1.81. The highest BCUT2D eigenvalue weighted by Crippen LogP contribution is 2.29. The van der Waals surface area contributed by atoms with Gasteiger partial charge in [0.05, 0.1) is 13.2 Å². The van der Waals surface area contributed by atoms with Crippen molar-refractivity contribution < 1.29 is 18.8 Å². The van der Waals surface area contributed by atoms with Crippen molar-refractivity contribution in [2.75, 3.05) is 13.2 Å². The third-order valence-electron chi connectivity index (χ3n) is 4.55. The summed E-state index contributed by atoms with van der Waals surface area (Å²) in [5.41, 5.74) is 1.28. The minimum Gasteiger partial charge on any atom is -0.490 e. The summed E-state index contributed by atoms with van der Waals surface area (Å²) in [6, 6.07) is 12.3. The third-order valence-corrected chi connectivity index (χ3v) is 4.80. The lowest BCUT2D eigenvalue weighted by atomic mass is 10.1. The Labute approximate surface area is 186 Å². The number of carbonyl (C=O) groups is 1. The Morgan fingerprint density at radius 1 is 1.06 bits per heavy atom. The normalized spacial score (nSPS) is 10.9. The molecule has 3 rings (SSSR count). The third kappa shape index (κ3) is 5.55. The van der Waals surface area contributed by atoms with E-state index >= 15 is 0 Å². The fourth-order valence-corrected chi connectivity index (χ4v) is 3.15. The monoisotopic (exact) mass is 443 g/mol. The molecule has 0 N–H and O–H groups in total. The lowest BCUT2D eigenvalue weighted by Crippen LogP contribution is -2.36. The first kappa shape index (κ1) is 22.6. The van der Waals surface area contributed by atoms with Crippen molar-refractivity contribution in [3.8, 4) is 22.9 Å². The molecule has 0 aliphatic rings. The Hall–Kier alpha value is -3.06. The van der Waals surface area contributed by atoms with Crippen molar-refractivity contribution in [2.45, 2.75) is 40.3 Å². The SMILES string of the molecule is CCOc1ccc(C(=O)N(Cc2nc(-c3ccc(Cl)cc3)no2)C(C)C)cc1OCC. The van der Waals surface area contributed by atoms with E-state index in [4.69, 9.17) is 25.6 Å². The van der Waals surface area contributed by atoms with Crippen molar-refractivity contribution in [1.29, 1.82) is 0 Å². The number of nitrogens with zero attached hydrogens (tertiary/aromatic N) is 3. The van der Waals surface area contributed by atoms with Gasteiger partial charge in [0, 0.05) is 22.2 Å². The highest BCUT2D eigenvalue weighted by molar-refractivity contribution is 6.30. The van der Waals surface area contributed by atoms with Gasteiger partial charge in [-0.2, -0.15) is 4.98 Å². The minimum absolute atomic E-state index is 0.0829. The number of benzene rings is 2. The molecule has 0 unspecified atom stereocenters. The van der Waals surface area contributed by atoms with Gasteiger partial charge in [0.1, 0.15) is 6.54 Å². The van der Waals surface area contributed by atoms with Crippen LogP contribution in [0.2, 0.25) is 5.02 Å². The van der Waals surface area contributed by atoms with E-state index in [0.717, 1.165) is 5.56 Å². The van der Waals surface area contributed by atoms with Crippen LogP contribution in [0.5, 0.6) is 11.5 Å².